The molecule has 4 heterocycles. The number of benzene rings is 3. The number of fused-ring (bicyclic) bond motifs is 4. The van der Waals surface area contributed by atoms with Gasteiger partial charge in [0, 0.05) is 83.9 Å². The second-order valence-corrected chi connectivity index (χ2v) is 30.6. The van der Waals surface area contributed by atoms with E-state index in [1.54, 1.807) is 4.90 Å². The maximum atomic E-state index is 11.7. The molecule has 466 valence electrons. The Balaban J connectivity index is 0.000000222. The Hall–Kier alpha value is -4.32. The summed E-state index contributed by atoms with van der Waals surface area (Å²) in [4.78, 5) is 4.14. The molecule has 85 heavy (non-hydrogen) atoms. The molecule has 2 fully saturated rings. The van der Waals surface area contributed by atoms with Gasteiger partial charge in [0.2, 0.25) is 11.8 Å². The van der Waals surface area contributed by atoms with E-state index in [-0.39, 0.29) is 54.9 Å². The lowest BCUT2D eigenvalue weighted by Gasteiger charge is -2.20. The number of hydrogen-bond donors (Lipinski definition) is 2. The summed E-state index contributed by atoms with van der Waals surface area (Å²) in [5.74, 6) is 1.36. The largest absolute Gasteiger partial charge is 0.748 e. The second kappa shape index (κ2) is 29.3. The van der Waals surface area contributed by atoms with Gasteiger partial charge in [0.15, 0.2) is 22.9 Å². The third kappa shape index (κ3) is 19.3. The van der Waals surface area contributed by atoms with E-state index in [1.165, 1.54) is 11.4 Å². The normalized spacial score (nSPS) is 23.6. The Bertz CT molecular complexity index is 3560. The van der Waals surface area contributed by atoms with Crippen molar-refractivity contribution in [1.82, 2.24) is 0 Å². The molecule has 2 N–H and O–H groups in total. The van der Waals surface area contributed by atoms with Crippen molar-refractivity contribution in [3.05, 3.63) is 118 Å². The van der Waals surface area contributed by atoms with Crippen molar-refractivity contribution < 1.29 is 80.0 Å². The monoisotopic (exact) mass is 1380 g/mol. The molecule has 0 aromatic heterocycles. The molecular weight excluding hydrogens is 1310 g/mol. The molecule has 6 unspecified atom stereocenters. The Morgan fingerprint density at radius 1 is 0.612 bits per heavy atom. The highest BCUT2D eigenvalue weighted by Gasteiger charge is 2.45. The lowest BCUT2D eigenvalue weighted by atomic mass is 9.87. The molecule has 3 aromatic rings. The molecule has 26 heteroatoms. The van der Waals surface area contributed by atoms with Gasteiger partial charge in [-0.15, -0.1) is 0 Å². The van der Waals surface area contributed by atoms with E-state index in [1.807, 2.05) is 104 Å². The maximum absolute atomic E-state index is 11.7. The number of ether oxygens (including phenoxy) is 4. The van der Waals surface area contributed by atoms with Crippen molar-refractivity contribution in [2.45, 2.75) is 140 Å². The summed E-state index contributed by atoms with van der Waals surface area (Å²) in [5.41, 5.74) is 7.85. The number of anilines is 2. The van der Waals surface area contributed by atoms with Crippen molar-refractivity contribution >= 4 is 95.1 Å². The summed E-state index contributed by atoms with van der Waals surface area (Å²) < 4.78 is 162. The van der Waals surface area contributed by atoms with Gasteiger partial charge in [0.1, 0.15) is 25.3 Å². The van der Waals surface area contributed by atoms with Gasteiger partial charge in [-0.2, -0.15) is 16.8 Å². The van der Waals surface area contributed by atoms with Crippen molar-refractivity contribution in [2.24, 2.45) is 5.92 Å². The number of alkyl halides is 1. The minimum atomic E-state index is -4.26. The van der Waals surface area contributed by atoms with Gasteiger partial charge in [-0.1, -0.05) is 89.0 Å². The van der Waals surface area contributed by atoms with Crippen molar-refractivity contribution in [3.8, 4) is 22.6 Å². The minimum Gasteiger partial charge on any atom is -0.748 e. The average Bonchev–Trinajstić information content (AvgIpc) is 2.05. The summed E-state index contributed by atoms with van der Waals surface area (Å²) in [6, 6.07) is 21.3. The summed E-state index contributed by atoms with van der Waals surface area (Å²) in [7, 11) is -16.7. The number of hydrogen-bond acceptors (Lipinski definition) is 16. The third-order valence-electron chi connectivity index (χ3n) is 15.7. The van der Waals surface area contributed by atoms with E-state index in [9.17, 15) is 47.3 Å². The lowest BCUT2D eigenvalue weighted by Crippen LogP contribution is -2.32. The van der Waals surface area contributed by atoms with Gasteiger partial charge in [-0.3, -0.25) is 9.11 Å². The first-order valence-electron chi connectivity index (χ1n) is 28.9. The van der Waals surface area contributed by atoms with Crippen LogP contribution in [0.4, 0.5) is 11.4 Å². The number of nitrogens with zero attached hydrogens (tertiary/aromatic N) is 4. The smallest absolute Gasteiger partial charge is 0.278 e. The Morgan fingerprint density at radius 2 is 1.12 bits per heavy atom. The highest BCUT2D eigenvalue weighted by Crippen LogP contribution is 2.44. The molecule has 0 spiro atoms. The molecule has 4 aliphatic heterocycles. The molecule has 2 saturated carbocycles. The van der Waals surface area contributed by atoms with E-state index >= 15 is 0 Å². The molecule has 0 bridgehead atoms. The molecule has 6 atom stereocenters. The molecule has 3 aromatic carbocycles. The van der Waals surface area contributed by atoms with Crippen molar-refractivity contribution in [3.63, 3.8) is 0 Å². The predicted octanol–water partition coefficient (Wildman–Crippen LogP) is 9.89. The van der Waals surface area contributed by atoms with Crippen LogP contribution in [0.25, 0.3) is 11.1 Å². The Labute approximate surface area is 517 Å². The quantitative estimate of drug-likeness (QED) is 0.0345. The Morgan fingerprint density at radius 3 is 1.66 bits per heavy atom. The minimum absolute atomic E-state index is 0.000528. The fourth-order valence-corrected chi connectivity index (χ4v) is 14.5. The zero-order valence-corrected chi connectivity index (χ0v) is 54.4. The van der Waals surface area contributed by atoms with Gasteiger partial charge < -0.3 is 37.9 Å². The molecule has 2 aliphatic carbocycles. The standard InChI is InChI=1S/C32H40N2O8S2.C27H36Br2N2O8S2/c1-3-24(20-31-33(15-7-8-17-43(35,36)37)27-19-23(2)11-13-29(27)41-31)21-32-34(16-18-44(38,39)40)28-22-26(12-14-30(28)42-32)25-9-5-4-6-10-25;1-2-19(15-26-30(11-3-5-13-40(32,33)34)22-17-20(28)7-9-24(22)38-26)16-27-31(12-4-6-14-41(35,36)37)23-18-21(29)8-10-25(23)39-27/h4-6,9-10,12,14,20-23,29,31H,3,7-8,11,13,15-19H2,1-2H3,(H-,35,36,37,38,39,40);7,9,15-17,21,25,27H,2-6,8,10-14,18H2,1H3,(H-,32,33,34,35,36,37). The van der Waals surface area contributed by atoms with Gasteiger partial charge >= 0.3 is 0 Å². The highest BCUT2D eigenvalue weighted by atomic mass is 79.9. The van der Waals surface area contributed by atoms with Crippen molar-refractivity contribution in [2.75, 3.05) is 59.0 Å². The zero-order chi connectivity index (χ0) is 61.3. The first kappa shape index (κ1) is 66.6. The summed E-state index contributed by atoms with van der Waals surface area (Å²) in [6.45, 7) is 7.95. The first-order chi connectivity index (χ1) is 40.2. The fourth-order valence-electron chi connectivity index (χ4n) is 11.4. The second-order valence-electron chi connectivity index (χ2n) is 22.2. The van der Waals surface area contributed by atoms with E-state index in [4.69, 9.17) is 23.5 Å². The first-order valence-corrected chi connectivity index (χ1v) is 37.0. The number of rotatable bonds is 25. The Kier molecular flexibility index (Phi) is 23.0. The maximum Gasteiger partial charge on any atom is 0.278 e. The molecule has 0 amide bonds. The SMILES string of the molecule is CCC(=CC1OC2CCC(Br)CC2=[N+]1CCCCS(=O)(=O)[O-])C=C1Oc2ccc(Br)cc2N1CCCCS(=O)(=O)O.CCC(=CC1OC2CCC(C)CC2=[N+]1CCCCS(=O)(=O)[O-])C=C1Oc2ccc(-c3ccccc3)cc2N1CCS(=O)(=O)O. The third-order valence-corrected chi connectivity index (χ3v) is 20.1. The molecule has 6 aliphatic rings. The number of halogens is 2. The van der Waals surface area contributed by atoms with Crippen LogP contribution in [-0.2, 0) is 49.9 Å². The summed E-state index contributed by atoms with van der Waals surface area (Å²) >= 11 is 7.26. The van der Waals surface area contributed by atoms with Gasteiger partial charge in [-0.05, 0) is 123 Å². The van der Waals surface area contributed by atoms with Gasteiger partial charge in [-0.25, -0.2) is 26.0 Å². The zero-order valence-electron chi connectivity index (χ0n) is 48.0. The highest BCUT2D eigenvalue weighted by molar-refractivity contribution is 9.10. The van der Waals surface area contributed by atoms with Gasteiger partial charge in [0.25, 0.3) is 32.7 Å². The molecular formula is C59H76Br2N4O16S4. The van der Waals surface area contributed by atoms with Crippen LogP contribution in [0.3, 0.4) is 0 Å². The van der Waals surface area contributed by atoms with Crippen LogP contribution in [0.5, 0.6) is 11.5 Å². The number of allylic oxidation sites excluding steroid dienone is 4. The van der Waals surface area contributed by atoms with E-state index < -0.39 is 46.2 Å². The summed E-state index contributed by atoms with van der Waals surface area (Å²) in [5, 5.41) is 0. The topological polar surface area (TPSA) is 273 Å². The van der Waals surface area contributed by atoms with Crippen LogP contribution in [0.15, 0.2) is 118 Å². The number of unbranched alkanes of at least 4 members (excludes halogenated alkanes) is 3. The van der Waals surface area contributed by atoms with Crippen LogP contribution in [-0.4, -0.2) is 151 Å². The molecule has 0 saturated heterocycles. The molecule has 9 rings (SSSR count). The molecule has 20 nitrogen and oxygen atoms in total. The average molecular weight is 1390 g/mol. The van der Waals surface area contributed by atoms with Crippen LogP contribution in [0.2, 0.25) is 0 Å². The van der Waals surface area contributed by atoms with Crippen LogP contribution in [0.1, 0.15) is 111 Å². The van der Waals surface area contributed by atoms with E-state index in [0.717, 1.165) is 71.0 Å². The van der Waals surface area contributed by atoms with Crippen LogP contribution >= 0.6 is 31.9 Å². The van der Waals surface area contributed by atoms with Crippen LogP contribution < -0.4 is 19.3 Å². The van der Waals surface area contributed by atoms with Crippen molar-refractivity contribution in [1.29, 1.82) is 0 Å². The summed E-state index contributed by atoms with van der Waals surface area (Å²) in [6.07, 6.45) is 16.8. The van der Waals surface area contributed by atoms with Gasteiger partial charge in [0.05, 0.1) is 43.1 Å². The molecule has 0 radical (unpaired) electrons. The van der Waals surface area contributed by atoms with Crippen LogP contribution in [0, 0.1) is 5.92 Å². The predicted molar refractivity (Wildman–Crippen MR) is 332 cm³/mol. The van der Waals surface area contributed by atoms with E-state index in [2.05, 4.69) is 54.0 Å². The van der Waals surface area contributed by atoms with E-state index in [0.29, 0.717) is 104 Å². The lowest BCUT2D eigenvalue weighted by molar-refractivity contribution is -0.583. The fraction of sp³-hybridized carbons (Fsp3) is 0.525.